The number of hydrogen-bond donors (Lipinski definition) is 4. The minimum absolute atomic E-state index is 0.0890. The van der Waals surface area contributed by atoms with E-state index in [1.807, 2.05) is 0 Å². The largest absolute Gasteiger partial charge is 0.508 e. The van der Waals surface area contributed by atoms with Gasteiger partial charge < -0.3 is 26.3 Å². The number of amides is 2. The molecule has 0 spiro atoms. The molecule has 1 aromatic rings. The van der Waals surface area contributed by atoms with E-state index >= 15 is 0 Å². The second kappa shape index (κ2) is 7.90. The zero-order valence-corrected chi connectivity index (χ0v) is 10.8. The molecule has 0 aliphatic carbocycles. The fraction of sp³-hybridized carbons (Fsp3) is 0.308. The maximum Gasteiger partial charge on any atom is 0.239 e. The highest BCUT2D eigenvalue weighted by Gasteiger charge is 2.14. The molecule has 0 saturated carbocycles. The Morgan fingerprint density at radius 3 is 2.50 bits per heavy atom. The molecule has 108 valence electrons. The molecule has 0 bridgehead atoms. The van der Waals surface area contributed by atoms with Gasteiger partial charge >= 0.3 is 0 Å². The summed E-state index contributed by atoms with van der Waals surface area (Å²) in [5.74, 6) is -0.778. The van der Waals surface area contributed by atoms with Crippen LogP contribution in [0.25, 0.3) is 0 Å². The predicted octanol–water partition coefficient (Wildman–Crippen LogP) is -1.31. The molecule has 0 saturated heterocycles. The first-order valence-electron chi connectivity index (χ1n) is 6.04. The van der Waals surface area contributed by atoms with Crippen molar-refractivity contribution in [3.05, 3.63) is 29.8 Å². The standard InChI is InChI=1S/C13H17N3O4/c14-11(7-9-1-3-10(18)4-2-9)13(20)16-8-12(19)15-5-6-17/h1-4,6,11,18H,5,7-8,14H2,(H,15,19)(H,16,20)/t11-/m0/s1. The van der Waals surface area contributed by atoms with E-state index in [4.69, 9.17) is 10.8 Å². The smallest absolute Gasteiger partial charge is 0.239 e. The molecule has 0 aliphatic rings. The van der Waals surface area contributed by atoms with Gasteiger partial charge in [0.15, 0.2) is 0 Å². The van der Waals surface area contributed by atoms with Gasteiger partial charge in [0, 0.05) is 0 Å². The molecule has 0 fully saturated rings. The molecule has 2 amide bonds. The number of phenols is 1. The van der Waals surface area contributed by atoms with Gasteiger partial charge in [0.05, 0.1) is 19.1 Å². The highest BCUT2D eigenvalue weighted by Crippen LogP contribution is 2.10. The average Bonchev–Trinajstić information content (AvgIpc) is 2.44. The molecule has 5 N–H and O–H groups in total. The Kier molecular flexibility index (Phi) is 6.18. The lowest BCUT2D eigenvalue weighted by Gasteiger charge is -2.12. The van der Waals surface area contributed by atoms with Crippen molar-refractivity contribution in [3.63, 3.8) is 0 Å². The van der Waals surface area contributed by atoms with E-state index in [0.717, 1.165) is 5.56 Å². The van der Waals surface area contributed by atoms with Gasteiger partial charge in [0.2, 0.25) is 11.8 Å². The van der Waals surface area contributed by atoms with Crippen molar-refractivity contribution >= 4 is 18.1 Å². The molecule has 0 unspecified atom stereocenters. The Labute approximate surface area is 116 Å². The van der Waals surface area contributed by atoms with Gasteiger partial charge in [0.25, 0.3) is 0 Å². The summed E-state index contributed by atoms with van der Waals surface area (Å²) in [5.41, 5.74) is 6.51. The third kappa shape index (κ3) is 5.49. The van der Waals surface area contributed by atoms with E-state index in [1.54, 1.807) is 12.1 Å². The van der Waals surface area contributed by atoms with E-state index in [2.05, 4.69) is 10.6 Å². The lowest BCUT2D eigenvalue weighted by atomic mass is 10.1. The predicted molar refractivity (Wildman–Crippen MR) is 71.9 cm³/mol. The van der Waals surface area contributed by atoms with Crippen LogP contribution in [0, 0.1) is 0 Å². The molecule has 0 aliphatic heterocycles. The number of nitrogens with two attached hydrogens (primary N) is 1. The number of aldehydes is 1. The SMILES string of the molecule is N[C@@H](Cc1ccc(O)cc1)C(=O)NCC(=O)NCC=O. The number of carbonyl (C=O) groups excluding carboxylic acids is 3. The van der Waals surface area contributed by atoms with Crippen LogP contribution in [0.15, 0.2) is 24.3 Å². The molecule has 7 nitrogen and oxygen atoms in total. The number of carbonyl (C=O) groups is 3. The molecule has 7 heteroatoms. The van der Waals surface area contributed by atoms with E-state index in [9.17, 15) is 14.4 Å². The van der Waals surface area contributed by atoms with Gasteiger partial charge in [-0.3, -0.25) is 9.59 Å². The minimum Gasteiger partial charge on any atom is -0.508 e. The number of hydrogen-bond acceptors (Lipinski definition) is 5. The highest BCUT2D eigenvalue weighted by molar-refractivity contribution is 5.88. The Morgan fingerprint density at radius 1 is 1.25 bits per heavy atom. The van der Waals surface area contributed by atoms with E-state index in [-0.39, 0.29) is 18.8 Å². The number of phenolic OH excluding ortho intramolecular Hbond substituents is 1. The van der Waals surface area contributed by atoms with E-state index in [0.29, 0.717) is 12.7 Å². The Morgan fingerprint density at radius 2 is 1.90 bits per heavy atom. The minimum atomic E-state index is -0.793. The van der Waals surface area contributed by atoms with Crippen molar-refractivity contribution in [3.8, 4) is 5.75 Å². The Bertz CT molecular complexity index is 473. The quantitative estimate of drug-likeness (QED) is 0.462. The maximum atomic E-state index is 11.7. The number of nitrogens with one attached hydrogen (secondary N) is 2. The molecular formula is C13H17N3O4. The maximum absolute atomic E-state index is 11.7. The van der Waals surface area contributed by atoms with Crippen LogP contribution < -0.4 is 16.4 Å². The van der Waals surface area contributed by atoms with Gasteiger partial charge in [0.1, 0.15) is 12.0 Å². The second-order valence-electron chi connectivity index (χ2n) is 4.17. The summed E-state index contributed by atoms with van der Waals surface area (Å²) < 4.78 is 0. The van der Waals surface area contributed by atoms with Gasteiger partial charge in [-0.25, -0.2) is 0 Å². The summed E-state index contributed by atoms with van der Waals surface area (Å²) in [6.07, 6.45) is 0.846. The lowest BCUT2D eigenvalue weighted by Crippen LogP contribution is -2.46. The molecule has 0 radical (unpaired) electrons. The molecule has 0 heterocycles. The van der Waals surface area contributed by atoms with Crippen LogP contribution in [0.1, 0.15) is 5.56 Å². The molecular weight excluding hydrogens is 262 g/mol. The van der Waals surface area contributed by atoms with Crippen molar-refractivity contribution in [1.29, 1.82) is 0 Å². The summed E-state index contributed by atoms with van der Waals surface area (Å²) in [6, 6.07) is 5.55. The first-order valence-corrected chi connectivity index (χ1v) is 6.04. The van der Waals surface area contributed by atoms with Crippen LogP contribution in [-0.4, -0.2) is 42.3 Å². The number of aromatic hydroxyl groups is 1. The molecule has 0 aromatic heterocycles. The third-order valence-corrected chi connectivity index (χ3v) is 2.53. The van der Waals surface area contributed by atoms with Crippen LogP contribution in [0.3, 0.4) is 0 Å². The summed E-state index contributed by atoms with van der Waals surface area (Å²) >= 11 is 0. The number of benzene rings is 1. The fourth-order valence-electron chi connectivity index (χ4n) is 1.50. The zero-order valence-electron chi connectivity index (χ0n) is 10.8. The molecule has 1 atom stereocenters. The van der Waals surface area contributed by atoms with Crippen molar-refractivity contribution in [2.24, 2.45) is 5.73 Å². The Balaban J connectivity index is 2.37. The third-order valence-electron chi connectivity index (χ3n) is 2.53. The monoisotopic (exact) mass is 279 g/mol. The molecule has 20 heavy (non-hydrogen) atoms. The van der Waals surface area contributed by atoms with Crippen LogP contribution in [0.2, 0.25) is 0 Å². The van der Waals surface area contributed by atoms with E-state index < -0.39 is 17.9 Å². The van der Waals surface area contributed by atoms with Crippen LogP contribution >= 0.6 is 0 Å². The van der Waals surface area contributed by atoms with Gasteiger partial charge in [-0.1, -0.05) is 12.1 Å². The number of rotatable bonds is 7. The van der Waals surface area contributed by atoms with E-state index in [1.165, 1.54) is 12.1 Å². The van der Waals surface area contributed by atoms with Crippen molar-refractivity contribution in [2.75, 3.05) is 13.1 Å². The summed E-state index contributed by atoms with van der Waals surface area (Å²) in [5, 5.41) is 13.8. The first-order chi connectivity index (χ1) is 9.52. The van der Waals surface area contributed by atoms with Gasteiger partial charge in [-0.15, -0.1) is 0 Å². The zero-order chi connectivity index (χ0) is 15.0. The Hall–Kier alpha value is -2.41. The summed E-state index contributed by atoms with van der Waals surface area (Å²) in [6.45, 7) is -0.315. The van der Waals surface area contributed by atoms with Crippen molar-refractivity contribution < 1.29 is 19.5 Å². The first kappa shape index (κ1) is 15.6. The summed E-state index contributed by atoms with van der Waals surface area (Å²) in [7, 11) is 0. The van der Waals surface area contributed by atoms with Crippen molar-refractivity contribution in [2.45, 2.75) is 12.5 Å². The topological polar surface area (TPSA) is 122 Å². The van der Waals surface area contributed by atoms with Crippen LogP contribution in [0.5, 0.6) is 5.75 Å². The van der Waals surface area contributed by atoms with Crippen LogP contribution in [-0.2, 0) is 20.8 Å². The van der Waals surface area contributed by atoms with Gasteiger partial charge in [-0.05, 0) is 24.1 Å². The normalized spacial score (nSPS) is 11.4. The fourth-order valence-corrected chi connectivity index (χ4v) is 1.50. The second-order valence-corrected chi connectivity index (χ2v) is 4.17. The molecule has 1 aromatic carbocycles. The van der Waals surface area contributed by atoms with Crippen molar-refractivity contribution in [1.82, 2.24) is 10.6 Å². The lowest BCUT2D eigenvalue weighted by molar-refractivity contribution is -0.127. The summed E-state index contributed by atoms with van der Waals surface area (Å²) in [4.78, 5) is 32.9. The molecule has 1 rings (SSSR count). The van der Waals surface area contributed by atoms with Gasteiger partial charge in [-0.2, -0.15) is 0 Å². The highest BCUT2D eigenvalue weighted by atomic mass is 16.3. The average molecular weight is 279 g/mol. The van der Waals surface area contributed by atoms with Crippen LogP contribution in [0.4, 0.5) is 0 Å².